The van der Waals surface area contributed by atoms with Crippen LogP contribution in [0.25, 0.3) is 0 Å². The minimum Gasteiger partial charge on any atom is -0.370 e. The van der Waals surface area contributed by atoms with Gasteiger partial charge in [-0.2, -0.15) is 0 Å². The van der Waals surface area contributed by atoms with Crippen molar-refractivity contribution in [1.29, 1.82) is 0 Å². The van der Waals surface area contributed by atoms with Gasteiger partial charge in [0.25, 0.3) is 5.91 Å². The van der Waals surface area contributed by atoms with E-state index < -0.39 is 23.8 Å². The molecule has 1 aromatic heterocycles. The maximum Gasteiger partial charge on any atom is 0.260 e. The second kappa shape index (κ2) is 8.96. The van der Waals surface area contributed by atoms with Gasteiger partial charge in [-0.1, -0.05) is 13.8 Å². The highest BCUT2D eigenvalue weighted by molar-refractivity contribution is 7.13. The second-order valence-electron chi connectivity index (χ2n) is 5.59. The fourth-order valence-electron chi connectivity index (χ4n) is 1.83. The third kappa shape index (κ3) is 6.73. The van der Waals surface area contributed by atoms with Crippen molar-refractivity contribution in [3.05, 3.63) is 16.1 Å². The lowest BCUT2D eigenvalue weighted by molar-refractivity contribution is -0.131. The Bertz CT molecular complexity index is 628. The van der Waals surface area contributed by atoms with Crippen molar-refractivity contribution >= 4 is 35.0 Å². The van der Waals surface area contributed by atoms with E-state index in [1.807, 2.05) is 13.8 Å². The number of amides is 4. The van der Waals surface area contributed by atoms with Crippen LogP contribution in [-0.4, -0.2) is 34.7 Å². The zero-order valence-corrected chi connectivity index (χ0v) is 14.3. The maximum atomic E-state index is 12.2. The van der Waals surface area contributed by atoms with E-state index in [2.05, 4.69) is 15.6 Å². The number of nitrogens with zero attached hydrogens (tertiary/aromatic N) is 1. The molecule has 0 aromatic carbocycles. The van der Waals surface area contributed by atoms with Crippen molar-refractivity contribution in [3.63, 3.8) is 0 Å². The van der Waals surface area contributed by atoms with Crippen LogP contribution in [0, 0.1) is 5.92 Å². The Balaban J connectivity index is 2.64. The third-order valence-electron chi connectivity index (χ3n) is 2.86. The van der Waals surface area contributed by atoms with Crippen LogP contribution < -0.4 is 22.1 Å². The van der Waals surface area contributed by atoms with Crippen molar-refractivity contribution in [3.8, 4) is 0 Å². The van der Waals surface area contributed by atoms with Crippen molar-refractivity contribution in [2.45, 2.75) is 39.3 Å². The molecular weight excluding hydrogens is 334 g/mol. The summed E-state index contributed by atoms with van der Waals surface area (Å²) in [6.07, 6.45) is 1.25. The van der Waals surface area contributed by atoms with Crippen LogP contribution in [-0.2, 0) is 20.9 Å². The Hall–Kier alpha value is -2.49. The number of nitrogens with two attached hydrogens (primary N) is 2. The fourth-order valence-corrected chi connectivity index (χ4v) is 2.54. The molecule has 0 radical (unpaired) electrons. The monoisotopic (exact) mass is 355 g/mol. The second-order valence-corrected chi connectivity index (χ2v) is 6.70. The van der Waals surface area contributed by atoms with Gasteiger partial charge in [-0.15, -0.1) is 11.3 Å². The van der Waals surface area contributed by atoms with Crippen LogP contribution in [0.15, 0.2) is 6.20 Å². The third-order valence-corrected chi connectivity index (χ3v) is 3.87. The van der Waals surface area contributed by atoms with Gasteiger partial charge in [0.15, 0.2) is 0 Å². The van der Waals surface area contributed by atoms with Crippen molar-refractivity contribution < 1.29 is 19.2 Å². The molecule has 1 heterocycles. The minimum atomic E-state index is -1.05. The standard InChI is InChI=1S/C14H21N5O4S/c1-7(2)3-11(21)19-8(4-10(15)20)14(23)18-6-12-17-5-9(24-12)13(16)22/h5,7-8H,3-4,6H2,1-2H3,(H2,15,20)(H2,16,22)(H,18,23)(H,19,21). The summed E-state index contributed by atoms with van der Waals surface area (Å²) in [6.45, 7) is 3.77. The Morgan fingerprint density at radius 3 is 2.38 bits per heavy atom. The summed E-state index contributed by atoms with van der Waals surface area (Å²) in [4.78, 5) is 50.3. The number of hydrogen-bond donors (Lipinski definition) is 4. The summed E-state index contributed by atoms with van der Waals surface area (Å²) in [5.41, 5.74) is 10.2. The smallest absolute Gasteiger partial charge is 0.260 e. The summed E-state index contributed by atoms with van der Waals surface area (Å²) in [6, 6.07) is -1.05. The number of rotatable bonds is 9. The number of primary amides is 2. The molecule has 0 saturated carbocycles. The van der Waals surface area contributed by atoms with Crippen LogP contribution in [0.4, 0.5) is 0 Å². The zero-order valence-electron chi connectivity index (χ0n) is 13.5. The highest BCUT2D eigenvalue weighted by Crippen LogP contribution is 2.11. The van der Waals surface area contributed by atoms with E-state index in [0.29, 0.717) is 5.01 Å². The normalized spacial score (nSPS) is 11.8. The van der Waals surface area contributed by atoms with E-state index in [1.165, 1.54) is 6.20 Å². The molecule has 132 valence electrons. The van der Waals surface area contributed by atoms with Crippen molar-refractivity contribution in [2.24, 2.45) is 17.4 Å². The molecule has 0 fully saturated rings. The van der Waals surface area contributed by atoms with Gasteiger partial charge in [-0.3, -0.25) is 19.2 Å². The van der Waals surface area contributed by atoms with Gasteiger partial charge in [0.05, 0.1) is 19.2 Å². The molecule has 0 bridgehead atoms. The Morgan fingerprint density at radius 1 is 1.21 bits per heavy atom. The summed E-state index contributed by atoms with van der Waals surface area (Å²) >= 11 is 1.05. The largest absolute Gasteiger partial charge is 0.370 e. The van der Waals surface area contributed by atoms with Gasteiger partial charge in [0.1, 0.15) is 15.9 Å². The van der Waals surface area contributed by atoms with Crippen LogP contribution in [0.1, 0.15) is 41.4 Å². The summed E-state index contributed by atoms with van der Waals surface area (Å²) in [5.74, 6) is -2.08. The molecule has 1 atom stereocenters. The lowest BCUT2D eigenvalue weighted by Gasteiger charge is -2.17. The highest BCUT2D eigenvalue weighted by atomic mass is 32.1. The Morgan fingerprint density at radius 2 is 1.88 bits per heavy atom. The average molecular weight is 355 g/mol. The van der Waals surface area contributed by atoms with Crippen LogP contribution >= 0.6 is 11.3 Å². The number of carbonyl (C=O) groups excluding carboxylic acids is 4. The highest BCUT2D eigenvalue weighted by Gasteiger charge is 2.23. The topological polar surface area (TPSA) is 157 Å². The molecule has 10 heteroatoms. The van der Waals surface area contributed by atoms with E-state index in [0.717, 1.165) is 11.3 Å². The number of thiazole rings is 1. The number of nitrogens with one attached hydrogen (secondary N) is 2. The molecule has 1 unspecified atom stereocenters. The minimum absolute atomic E-state index is 0.0477. The molecule has 1 aromatic rings. The quantitative estimate of drug-likeness (QED) is 0.459. The summed E-state index contributed by atoms with van der Waals surface area (Å²) < 4.78 is 0. The van der Waals surface area contributed by atoms with Crippen LogP contribution in [0.5, 0.6) is 0 Å². The lowest BCUT2D eigenvalue weighted by Crippen LogP contribution is -2.48. The maximum absolute atomic E-state index is 12.2. The van der Waals surface area contributed by atoms with Gasteiger partial charge in [0, 0.05) is 6.42 Å². The lowest BCUT2D eigenvalue weighted by atomic mass is 10.1. The first-order valence-electron chi connectivity index (χ1n) is 7.29. The van der Waals surface area contributed by atoms with E-state index in [1.54, 1.807) is 0 Å². The molecule has 0 spiro atoms. The first kappa shape index (κ1) is 19.6. The van der Waals surface area contributed by atoms with E-state index in [4.69, 9.17) is 11.5 Å². The van der Waals surface area contributed by atoms with Crippen LogP contribution in [0.2, 0.25) is 0 Å². The molecular formula is C14H21N5O4S. The number of carbonyl (C=O) groups is 4. The predicted octanol–water partition coefficient (Wildman–Crippen LogP) is -0.735. The van der Waals surface area contributed by atoms with Gasteiger partial charge in [-0.05, 0) is 5.92 Å². The first-order valence-corrected chi connectivity index (χ1v) is 8.10. The molecule has 9 nitrogen and oxygen atoms in total. The molecule has 4 amide bonds. The molecule has 24 heavy (non-hydrogen) atoms. The van der Waals surface area contributed by atoms with Gasteiger partial charge in [-0.25, -0.2) is 4.98 Å². The summed E-state index contributed by atoms with van der Waals surface area (Å²) in [5, 5.41) is 5.52. The van der Waals surface area contributed by atoms with E-state index in [9.17, 15) is 19.2 Å². The molecule has 0 aliphatic carbocycles. The predicted molar refractivity (Wildman–Crippen MR) is 87.7 cm³/mol. The first-order chi connectivity index (χ1) is 11.2. The average Bonchev–Trinajstić information content (AvgIpc) is 2.91. The SMILES string of the molecule is CC(C)CC(=O)NC(CC(N)=O)C(=O)NCc1ncc(C(N)=O)s1. The number of hydrogen-bond acceptors (Lipinski definition) is 6. The van der Waals surface area contributed by atoms with Crippen molar-refractivity contribution in [1.82, 2.24) is 15.6 Å². The van der Waals surface area contributed by atoms with Gasteiger partial charge >= 0.3 is 0 Å². The van der Waals surface area contributed by atoms with Gasteiger partial charge in [0.2, 0.25) is 17.7 Å². The molecule has 6 N–H and O–H groups in total. The molecule has 0 saturated heterocycles. The Labute approximate surface area is 143 Å². The Kier molecular flexibility index (Phi) is 7.31. The zero-order chi connectivity index (χ0) is 18.3. The van der Waals surface area contributed by atoms with Crippen LogP contribution in [0.3, 0.4) is 0 Å². The van der Waals surface area contributed by atoms with Crippen molar-refractivity contribution in [2.75, 3.05) is 0 Å². The van der Waals surface area contributed by atoms with E-state index >= 15 is 0 Å². The van der Waals surface area contributed by atoms with E-state index in [-0.39, 0.29) is 36.1 Å². The molecule has 0 aliphatic heterocycles. The molecule has 1 rings (SSSR count). The van der Waals surface area contributed by atoms with Gasteiger partial charge < -0.3 is 22.1 Å². The fraction of sp³-hybridized carbons (Fsp3) is 0.500. The summed E-state index contributed by atoms with van der Waals surface area (Å²) in [7, 11) is 0. The molecule has 0 aliphatic rings. The number of aromatic nitrogens is 1.